The fourth-order valence-corrected chi connectivity index (χ4v) is 3.62. The third-order valence-electron chi connectivity index (χ3n) is 5.28. The third kappa shape index (κ3) is 8.68. The first-order valence-corrected chi connectivity index (χ1v) is 10.8. The van der Waals surface area contributed by atoms with Gasteiger partial charge >= 0.3 is 0 Å². The van der Waals surface area contributed by atoms with Crippen LogP contribution in [0.5, 0.6) is 0 Å². The summed E-state index contributed by atoms with van der Waals surface area (Å²) in [5, 5.41) is 10.9. The van der Waals surface area contributed by atoms with Crippen molar-refractivity contribution >= 4 is 29.9 Å². The first kappa shape index (κ1) is 25.2. The number of aryl methyl sites for hydroxylation is 2. The van der Waals surface area contributed by atoms with Crippen LogP contribution in [-0.4, -0.2) is 37.4 Å². The van der Waals surface area contributed by atoms with E-state index in [-0.39, 0.29) is 24.0 Å². The molecule has 1 aromatic rings. The molecule has 0 aromatic carbocycles. The molecule has 7 heteroatoms. The summed E-state index contributed by atoms with van der Waals surface area (Å²) in [5.74, 6) is 1.79. The summed E-state index contributed by atoms with van der Waals surface area (Å²) >= 11 is 0. The van der Waals surface area contributed by atoms with Crippen molar-refractivity contribution in [3.8, 4) is 0 Å². The molecule has 0 aliphatic heterocycles. The second-order valence-electron chi connectivity index (χ2n) is 7.28. The van der Waals surface area contributed by atoms with Crippen molar-refractivity contribution in [2.45, 2.75) is 90.7 Å². The van der Waals surface area contributed by atoms with Crippen molar-refractivity contribution in [2.75, 3.05) is 20.2 Å². The lowest BCUT2D eigenvalue weighted by atomic mass is 10.1. The van der Waals surface area contributed by atoms with Crippen molar-refractivity contribution in [3.05, 3.63) is 17.0 Å². The Kier molecular flexibility index (Phi) is 13.6. The number of unbranched alkanes of at least 4 members (excludes halogenated alkanes) is 1. The number of nitrogens with zero attached hydrogens (tertiary/aromatic N) is 2. The summed E-state index contributed by atoms with van der Waals surface area (Å²) in [6.07, 6.45) is 12.3. The van der Waals surface area contributed by atoms with Crippen LogP contribution in [0.4, 0.5) is 0 Å². The average Bonchev–Trinajstić information content (AvgIpc) is 2.91. The zero-order valence-electron chi connectivity index (χ0n) is 17.9. The van der Waals surface area contributed by atoms with Gasteiger partial charge in [-0.1, -0.05) is 44.7 Å². The van der Waals surface area contributed by atoms with Gasteiger partial charge in [0, 0.05) is 38.7 Å². The van der Waals surface area contributed by atoms with Gasteiger partial charge in [-0.25, -0.2) is 0 Å². The number of nitrogens with one attached hydrogen (secondary N) is 2. The summed E-state index contributed by atoms with van der Waals surface area (Å²) in [5.41, 5.74) is 2.20. The van der Waals surface area contributed by atoms with Gasteiger partial charge < -0.3 is 19.9 Å². The minimum Gasteiger partial charge on any atom is -0.378 e. The number of aliphatic imine (C=N–C) groups is 1. The van der Waals surface area contributed by atoms with Gasteiger partial charge in [0.05, 0.1) is 11.8 Å². The maximum atomic E-state index is 6.05. The number of hydrogen-bond acceptors (Lipinski definition) is 4. The molecule has 1 fully saturated rings. The number of aromatic nitrogens is 1. The Labute approximate surface area is 187 Å². The van der Waals surface area contributed by atoms with Crippen LogP contribution in [0.15, 0.2) is 9.52 Å². The van der Waals surface area contributed by atoms with E-state index in [2.05, 4.69) is 34.6 Å². The zero-order chi connectivity index (χ0) is 19.3. The molecule has 1 saturated carbocycles. The lowest BCUT2D eigenvalue weighted by molar-refractivity contribution is 0.0411. The maximum absolute atomic E-state index is 6.05. The fraction of sp³-hybridized carbons (Fsp3) is 0.810. The van der Waals surface area contributed by atoms with Gasteiger partial charge in [0.2, 0.25) is 0 Å². The predicted molar refractivity (Wildman–Crippen MR) is 126 cm³/mol. The molecule has 0 radical (unpaired) electrons. The van der Waals surface area contributed by atoms with Crippen LogP contribution < -0.4 is 10.6 Å². The van der Waals surface area contributed by atoms with E-state index < -0.39 is 0 Å². The Morgan fingerprint density at radius 3 is 2.50 bits per heavy atom. The largest absolute Gasteiger partial charge is 0.378 e. The molecule has 162 valence electrons. The predicted octanol–water partition coefficient (Wildman–Crippen LogP) is 4.60. The zero-order valence-corrected chi connectivity index (χ0v) is 20.2. The van der Waals surface area contributed by atoms with E-state index in [4.69, 9.17) is 9.26 Å². The number of ether oxygens (including phenoxy) is 1. The maximum Gasteiger partial charge on any atom is 0.191 e. The molecule has 6 nitrogen and oxygen atoms in total. The van der Waals surface area contributed by atoms with Crippen molar-refractivity contribution in [1.82, 2.24) is 15.8 Å². The summed E-state index contributed by atoms with van der Waals surface area (Å²) < 4.78 is 11.5. The minimum absolute atomic E-state index is 0. The second kappa shape index (κ2) is 15.1. The molecule has 2 rings (SSSR count). The molecule has 1 aromatic heterocycles. The topological polar surface area (TPSA) is 71.7 Å². The lowest BCUT2D eigenvalue weighted by Gasteiger charge is -2.15. The van der Waals surface area contributed by atoms with Crippen molar-refractivity contribution in [2.24, 2.45) is 4.99 Å². The summed E-state index contributed by atoms with van der Waals surface area (Å²) in [6, 6.07) is 0. The second-order valence-corrected chi connectivity index (χ2v) is 7.28. The highest BCUT2D eigenvalue weighted by Gasteiger charge is 2.14. The van der Waals surface area contributed by atoms with Gasteiger partial charge in [0.1, 0.15) is 5.76 Å². The standard InChI is InChI=1S/C21H38N4O2.HI/c1-4-19-18(20(5-2)27-25-19)16-24-21(22-3)23-14-10-11-15-26-17-12-8-6-7-9-13-17;/h17H,4-16H2,1-3H3,(H2,22,23,24);1H. The Morgan fingerprint density at radius 1 is 1.11 bits per heavy atom. The monoisotopic (exact) mass is 506 g/mol. The third-order valence-corrected chi connectivity index (χ3v) is 5.28. The quantitative estimate of drug-likeness (QED) is 0.160. The number of rotatable bonds is 10. The molecular formula is C21H39IN4O2. The summed E-state index contributed by atoms with van der Waals surface area (Å²) in [6.45, 7) is 6.66. The number of halogens is 1. The van der Waals surface area contributed by atoms with E-state index in [1.165, 1.54) is 44.1 Å². The van der Waals surface area contributed by atoms with Crippen LogP contribution in [0.2, 0.25) is 0 Å². The van der Waals surface area contributed by atoms with E-state index in [0.717, 1.165) is 56.2 Å². The smallest absolute Gasteiger partial charge is 0.191 e. The van der Waals surface area contributed by atoms with Gasteiger partial charge in [0.15, 0.2) is 5.96 Å². The SMILES string of the molecule is CCc1noc(CC)c1CNC(=NC)NCCCCOC1CCCCCC1.I. The lowest BCUT2D eigenvalue weighted by Crippen LogP contribution is -2.37. The van der Waals surface area contributed by atoms with Crippen LogP contribution in [0.1, 0.15) is 82.2 Å². The van der Waals surface area contributed by atoms with Crippen LogP contribution in [-0.2, 0) is 24.1 Å². The molecule has 1 heterocycles. The van der Waals surface area contributed by atoms with E-state index in [1.54, 1.807) is 7.05 Å². The molecule has 2 N–H and O–H groups in total. The van der Waals surface area contributed by atoms with Gasteiger partial charge in [-0.2, -0.15) is 0 Å². The molecule has 1 aliphatic rings. The molecule has 0 atom stereocenters. The highest BCUT2D eigenvalue weighted by atomic mass is 127. The van der Waals surface area contributed by atoms with Crippen LogP contribution in [0.3, 0.4) is 0 Å². The Morgan fingerprint density at radius 2 is 1.86 bits per heavy atom. The van der Waals surface area contributed by atoms with Crippen LogP contribution in [0.25, 0.3) is 0 Å². The normalized spacial score (nSPS) is 15.8. The minimum atomic E-state index is 0. The Bertz CT molecular complexity index is 533. The average molecular weight is 506 g/mol. The molecule has 0 unspecified atom stereocenters. The Hall–Kier alpha value is -0.830. The highest BCUT2D eigenvalue weighted by Crippen LogP contribution is 2.20. The van der Waals surface area contributed by atoms with E-state index in [9.17, 15) is 0 Å². The molecule has 0 spiro atoms. The van der Waals surface area contributed by atoms with Gasteiger partial charge in [-0.05, 0) is 32.1 Å². The fourth-order valence-electron chi connectivity index (χ4n) is 3.62. The number of hydrogen-bond donors (Lipinski definition) is 2. The van der Waals surface area contributed by atoms with Gasteiger partial charge in [-0.3, -0.25) is 4.99 Å². The van der Waals surface area contributed by atoms with E-state index >= 15 is 0 Å². The highest BCUT2D eigenvalue weighted by molar-refractivity contribution is 14.0. The summed E-state index contributed by atoms with van der Waals surface area (Å²) in [4.78, 5) is 4.31. The Balaban J connectivity index is 0.00000392. The molecule has 1 aliphatic carbocycles. The van der Waals surface area contributed by atoms with E-state index in [0.29, 0.717) is 12.6 Å². The molecule has 0 amide bonds. The molecule has 28 heavy (non-hydrogen) atoms. The van der Waals surface area contributed by atoms with E-state index in [1.807, 2.05) is 0 Å². The molecule has 0 saturated heterocycles. The van der Waals surface area contributed by atoms with Gasteiger partial charge in [0.25, 0.3) is 0 Å². The first-order valence-electron chi connectivity index (χ1n) is 10.8. The van der Waals surface area contributed by atoms with Crippen molar-refractivity contribution in [1.29, 1.82) is 0 Å². The van der Waals surface area contributed by atoms with Crippen LogP contribution in [0, 0.1) is 0 Å². The first-order chi connectivity index (χ1) is 13.3. The number of guanidine groups is 1. The molecular weight excluding hydrogens is 467 g/mol. The van der Waals surface area contributed by atoms with Gasteiger partial charge in [-0.15, -0.1) is 24.0 Å². The van der Waals surface area contributed by atoms with Crippen LogP contribution >= 0.6 is 24.0 Å². The molecule has 0 bridgehead atoms. The summed E-state index contributed by atoms with van der Waals surface area (Å²) in [7, 11) is 1.81. The van der Waals surface area contributed by atoms with Crippen molar-refractivity contribution < 1.29 is 9.26 Å². The van der Waals surface area contributed by atoms with Crippen molar-refractivity contribution in [3.63, 3.8) is 0 Å².